The molecule has 1 aliphatic carbocycles. The minimum absolute atomic E-state index is 0. The van der Waals surface area contributed by atoms with Gasteiger partial charge in [0.25, 0.3) is 0 Å². The van der Waals surface area contributed by atoms with E-state index in [4.69, 9.17) is 0 Å². The molecule has 0 atom stereocenters. The first-order valence-electron chi connectivity index (χ1n) is 2.90. The minimum Gasteiger partial charge on any atom is -0.220 e. The highest BCUT2D eigenvalue weighted by Crippen LogP contribution is 2.31. The van der Waals surface area contributed by atoms with Gasteiger partial charge in [-0.2, -0.15) is 11.8 Å². The van der Waals surface area contributed by atoms with E-state index in [2.05, 4.69) is 23.7 Å². The molecule has 5 heteroatoms. The van der Waals surface area contributed by atoms with Gasteiger partial charge < -0.3 is 0 Å². The number of hydrogen-bond acceptors (Lipinski definition) is 3. The van der Waals surface area contributed by atoms with Crippen LogP contribution in [0.1, 0.15) is 26.2 Å². The SMILES string of the molecule is CCC1CC1.Cl.Cl.NON. The van der Waals surface area contributed by atoms with E-state index < -0.39 is 0 Å². The summed E-state index contributed by atoms with van der Waals surface area (Å²) in [5, 5.41) is 0. The predicted molar refractivity (Wildman–Crippen MR) is 47.0 cm³/mol. The lowest BCUT2D eigenvalue weighted by molar-refractivity contribution is 0.142. The Labute approximate surface area is 74.2 Å². The van der Waals surface area contributed by atoms with E-state index in [-0.39, 0.29) is 24.8 Å². The largest absolute Gasteiger partial charge is 0.220 e. The highest BCUT2D eigenvalue weighted by atomic mass is 35.5. The fraction of sp³-hybridized carbons (Fsp3) is 1.00. The first-order chi connectivity index (χ1) is 3.85. The highest BCUT2D eigenvalue weighted by molar-refractivity contribution is 5.85. The molecule has 0 heterocycles. The van der Waals surface area contributed by atoms with Gasteiger partial charge in [-0.15, -0.1) is 24.8 Å². The summed E-state index contributed by atoms with van der Waals surface area (Å²) in [6.07, 6.45) is 4.44. The zero-order valence-electron chi connectivity index (χ0n) is 6.08. The average Bonchev–Trinajstić information content (AvgIpc) is 2.48. The highest BCUT2D eigenvalue weighted by Gasteiger charge is 2.17. The van der Waals surface area contributed by atoms with Gasteiger partial charge in [0.05, 0.1) is 0 Å². The minimum atomic E-state index is 0. The molecule has 10 heavy (non-hydrogen) atoms. The summed E-state index contributed by atoms with van der Waals surface area (Å²) in [4.78, 5) is 3.25. The van der Waals surface area contributed by atoms with Crippen molar-refractivity contribution in [3.8, 4) is 0 Å². The molecule has 0 amide bonds. The standard InChI is InChI=1S/C5H10.2ClH.H4N2O/c1-2-5-3-4-5;;;1-3-2/h5H,2-4H2,1H3;2*1H;1-2H2. The molecule has 3 nitrogen and oxygen atoms in total. The third-order valence-corrected chi connectivity index (χ3v) is 1.27. The molecule has 0 spiro atoms. The maximum Gasteiger partial charge on any atom is -0.0417 e. The Morgan fingerprint density at radius 3 is 1.60 bits per heavy atom. The van der Waals surface area contributed by atoms with Crippen molar-refractivity contribution in [2.24, 2.45) is 17.7 Å². The van der Waals surface area contributed by atoms with E-state index in [0.29, 0.717) is 0 Å². The van der Waals surface area contributed by atoms with E-state index in [9.17, 15) is 0 Å². The molecule has 66 valence electrons. The number of halogens is 2. The topological polar surface area (TPSA) is 61.3 Å². The number of nitrogens with two attached hydrogens (primary N) is 2. The summed E-state index contributed by atoms with van der Waals surface area (Å²) in [5.74, 6) is 9.38. The monoisotopic (exact) mass is 190 g/mol. The van der Waals surface area contributed by atoms with Crippen molar-refractivity contribution < 1.29 is 4.94 Å². The van der Waals surface area contributed by atoms with E-state index in [1.165, 1.54) is 19.3 Å². The van der Waals surface area contributed by atoms with Crippen LogP contribution in [-0.4, -0.2) is 0 Å². The zero-order valence-corrected chi connectivity index (χ0v) is 7.71. The first kappa shape index (κ1) is 16.8. The summed E-state index contributed by atoms with van der Waals surface area (Å²) in [6, 6.07) is 0. The average molecular weight is 191 g/mol. The van der Waals surface area contributed by atoms with E-state index in [0.717, 1.165) is 5.92 Å². The third-order valence-electron chi connectivity index (χ3n) is 1.27. The molecule has 0 bridgehead atoms. The Hall–Kier alpha value is 0.460. The lowest BCUT2D eigenvalue weighted by Crippen LogP contribution is -2.03. The fourth-order valence-corrected chi connectivity index (χ4v) is 0.526. The van der Waals surface area contributed by atoms with Gasteiger partial charge in [0, 0.05) is 0 Å². The smallest absolute Gasteiger partial charge is 0.0417 e. The summed E-state index contributed by atoms with van der Waals surface area (Å²) in [5.41, 5.74) is 0. The van der Waals surface area contributed by atoms with Crippen molar-refractivity contribution >= 4 is 24.8 Å². The lowest BCUT2D eigenvalue weighted by Gasteiger charge is -1.72. The number of rotatable bonds is 1. The van der Waals surface area contributed by atoms with Gasteiger partial charge >= 0.3 is 0 Å². The molecule has 1 rings (SSSR count). The van der Waals surface area contributed by atoms with Crippen molar-refractivity contribution in [1.29, 1.82) is 0 Å². The van der Waals surface area contributed by atoms with Gasteiger partial charge in [-0.05, 0) is 5.92 Å². The summed E-state index contributed by atoms with van der Waals surface area (Å²) >= 11 is 0. The van der Waals surface area contributed by atoms with Crippen LogP contribution < -0.4 is 11.8 Å². The molecule has 0 aliphatic heterocycles. The second-order valence-electron chi connectivity index (χ2n) is 1.99. The van der Waals surface area contributed by atoms with Gasteiger partial charge in [0.2, 0.25) is 0 Å². The van der Waals surface area contributed by atoms with Gasteiger partial charge in [-0.3, -0.25) is 0 Å². The Bertz CT molecular complexity index is 52.9. The molecular weight excluding hydrogens is 175 g/mol. The molecule has 0 aromatic carbocycles. The van der Waals surface area contributed by atoms with Gasteiger partial charge in [-0.1, -0.05) is 26.2 Å². The predicted octanol–water partition coefficient (Wildman–Crippen LogP) is 1.40. The van der Waals surface area contributed by atoms with E-state index in [1.807, 2.05) is 0 Å². The second kappa shape index (κ2) is 12.2. The van der Waals surface area contributed by atoms with Crippen LogP contribution in [0.3, 0.4) is 0 Å². The molecule has 4 N–H and O–H groups in total. The van der Waals surface area contributed by atoms with Gasteiger partial charge in [0.15, 0.2) is 0 Å². The van der Waals surface area contributed by atoms with Crippen LogP contribution in [0.25, 0.3) is 0 Å². The Morgan fingerprint density at radius 2 is 1.60 bits per heavy atom. The van der Waals surface area contributed by atoms with Crippen molar-refractivity contribution in [3.63, 3.8) is 0 Å². The summed E-state index contributed by atoms with van der Waals surface area (Å²) < 4.78 is 0. The first-order valence-corrected chi connectivity index (χ1v) is 2.90. The summed E-state index contributed by atoms with van der Waals surface area (Å²) in [6.45, 7) is 2.26. The van der Waals surface area contributed by atoms with Crippen LogP contribution in [0.5, 0.6) is 0 Å². The quantitative estimate of drug-likeness (QED) is 0.616. The molecule has 1 fully saturated rings. The van der Waals surface area contributed by atoms with Crippen LogP contribution >= 0.6 is 24.8 Å². The maximum atomic E-state index is 4.12. The van der Waals surface area contributed by atoms with Crippen LogP contribution in [0, 0.1) is 5.92 Å². The Morgan fingerprint density at radius 1 is 1.30 bits per heavy atom. The molecule has 1 saturated carbocycles. The molecule has 0 radical (unpaired) electrons. The van der Waals surface area contributed by atoms with Crippen molar-refractivity contribution in [3.05, 3.63) is 0 Å². The van der Waals surface area contributed by atoms with E-state index in [1.54, 1.807) is 0 Å². The molecule has 0 unspecified atom stereocenters. The zero-order chi connectivity index (χ0) is 6.41. The van der Waals surface area contributed by atoms with Crippen LogP contribution in [0.15, 0.2) is 0 Å². The maximum absolute atomic E-state index is 4.12. The van der Waals surface area contributed by atoms with Gasteiger partial charge in [-0.25, -0.2) is 4.94 Å². The van der Waals surface area contributed by atoms with E-state index >= 15 is 0 Å². The van der Waals surface area contributed by atoms with Crippen LogP contribution in [-0.2, 0) is 4.94 Å². The normalized spacial score (nSPS) is 13.5. The Balaban J connectivity index is -0.0000000900. The van der Waals surface area contributed by atoms with Crippen LogP contribution in [0.4, 0.5) is 0 Å². The Kier molecular flexibility index (Phi) is 20.5. The molecule has 0 aromatic heterocycles. The van der Waals surface area contributed by atoms with Crippen LogP contribution in [0.2, 0.25) is 0 Å². The third kappa shape index (κ3) is 15.8. The molecule has 0 aromatic rings. The molecular formula is C5H16Cl2N2O. The second-order valence-corrected chi connectivity index (χ2v) is 1.99. The van der Waals surface area contributed by atoms with Crippen molar-refractivity contribution in [2.75, 3.05) is 0 Å². The lowest BCUT2D eigenvalue weighted by atomic mass is 10.3. The van der Waals surface area contributed by atoms with Gasteiger partial charge in [0.1, 0.15) is 0 Å². The summed E-state index contributed by atoms with van der Waals surface area (Å²) in [7, 11) is 0. The fourth-order valence-electron chi connectivity index (χ4n) is 0.526. The molecule has 1 aliphatic rings. The number of hydrogen-bond donors (Lipinski definition) is 2. The van der Waals surface area contributed by atoms with Crippen molar-refractivity contribution in [2.45, 2.75) is 26.2 Å². The molecule has 0 saturated heterocycles. The van der Waals surface area contributed by atoms with Crippen molar-refractivity contribution in [1.82, 2.24) is 0 Å².